The van der Waals surface area contributed by atoms with E-state index in [0.29, 0.717) is 56.7 Å². The van der Waals surface area contributed by atoms with E-state index in [9.17, 15) is 78.2 Å². The molecule has 3 aliphatic heterocycles. The first-order chi connectivity index (χ1) is 50.6. The third-order valence-electron chi connectivity index (χ3n) is 25.8. The average Bonchev–Trinajstić information content (AvgIpc) is 1.54. The molecule has 18 atom stereocenters. The van der Waals surface area contributed by atoms with Crippen LogP contribution in [-0.4, -0.2) is 221 Å². The van der Waals surface area contributed by atoms with E-state index in [-0.39, 0.29) is 99.2 Å². The van der Waals surface area contributed by atoms with Crippen LogP contribution < -0.4 is 58.3 Å². The molecule has 1 aromatic carbocycles. The summed E-state index contributed by atoms with van der Waals surface area (Å²) < 4.78 is 5.30. The third-order valence-corrected chi connectivity index (χ3v) is 25.8. The molecule has 0 radical (unpaired) electrons. The van der Waals surface area contributed by atoms with Crippen molar-refractivity contribution in [3.05, 3.63) is 34.4 Å². The monoisotopic (exact) mass is 1570 g/mol. The number of halogens is 1. The summed E-state index contributed by atoms with van der Waals surface area (Å²) in [5, 5.41) is 66.9. The lowest BCUT2D eigenvalue weighted by Gasteiger charge is -2.38. The SMILES string of the molecule is CNC(=O)C(O)C(CC1CCC1)NC(=O)[C@@H]1[C@@H]2[C@H](CN1C(=O)[C@@H](N)C(C)(C)C)C2(C)C.CNC(=O)C(O)C(CC1CCC1)NC(=O)[C@@H]1[C@@H]2[C@H](CN1C(=O)[C@@H](NC(=O)Oc1ccc([N+](=O)[O-])cc1)C(C)(C)C)C2(C)C.CNC(=O)N[C@H](C(=O)N1C[C@H]2[C@@H]([C@H]1C(=O)NC(CC1CCC1)C(O)C(=O)NC)C2(C)C)C(C)(C)C.Cl. The number of nitro groups is 1. The molecule has 0 aromatic heterocycles. The van der Waals surface area contributed by atoms with Gasteiger partial charge in [-0.1, -0.05) is 162 Å². The van der Waals surface area contributed by atoms with Crippen LogP contribution in [0.1, 0.15) is 181 Å². The average molecular weight is 1570 g/mol. The lowest BCUT2D eigenvalue weighted by molar-refractivity contribution is -0.384. The molecule has 9 fully saturated rings. The van der Waals surface area contributed by atoms with Gasteiger partial charge < -0.3 is 88.3 Å². The second-order valence-corrected chi connectivity index (χ2v) is 37.2. The Balaban J connectivity index is 0.000000232. The number of aliphatic hydroxyl groups is 3. The summed E-state index contributed by atoms with van der Waals surface area (Å²) in [7, 11) is 5.84. The Morgan fingerprint density at radius 3 is 1.05 bits per heavy atom. The third kappa shape index (κ3) is 19.7. The number of nitrogens with zero attached hydrogens (tertiary/aromatic N) is 4. The van der Waals surface area contributed by atoms with E-state index in [2.05, 4.69) is 89.4 Å². The molecule has 10 rings (SSSR count). The van der Waals surface area contributed by atoms with E-state index in [1.807, 2.05) is 41.5 Å². The van der Waals surface area contributed by atoms with Crippen molar-refractivity contribution in [1.29, 1.82) is 0 Å². The molecule has 3 saturated heterocycles. The molecule has 6 unspecified atom stereocenters. The predicted octanol–water partition coefficient (Wildman–Crippen LogP) is 4.00. The number of fused-ring (bicyclic) bond motifs is 3. The number of rotatable bonds is 25. The van der Waals surface area contributed by atoms with Crippen LogP contribution in [0.15, 0.2) is 24.3 Å². The van der Waals surface area contributed by atoms with E-state index >= 15 is 0 Å². The highest BCUT2D eigenvalue weighted by Gasteiger charge is 2.72. The number of benzene rings is 1. The summed E-state index contributed by atoms with van der Waals surface area (Å²) in [6.07, 6.45) is 5.84. The van der Waals surface area contributed by atoms with Gasteiger partial charge in [-0.2, -0.15) is 0 Å². The minimum Gasteiger partial charge on any atom is -0.410 e. The number of nitro benzene ring substituents is 1. The van der Waals surface area contributed by atoms with Crippen LogP contribution in [0.2, 0.25) is 0 Å². The summed E-state index contributed by atoms with van der Waals surface area (Å²) in [6.45, 7) is 30.5. The zero-order valence-corrected chi connectivity index (χ0v) is 68.7. The molecular formula is C78H127ClN14O17. The number of urea groups is 1. The number of hydrogen-bond acceptors (Lipinski definition) is 18. The van der Waals surface area contributed by atoms with Crippen molar-refractivity contribution in [1.82, 2.24) is 62.6 Å². The van der Waals surface area contributed by atoms with Gasteiger partial charge in [0.05, 0.1) is 29.1 Å². The quantitative estimate of drug-likeness (QED) is 0.0486. The molecule has 0 bridgehead atoms. The van der Waals surface area contributed by atoms with Crippen LogP contribution in [0.5, 0.6) is 5.75 Å². The van der Waals surface area contributed by atoms with Crippen LogP contribution >= 0.6 is 12.4 Å². The van der Waals surface area contributed by atoms with E-state index in [0.717, 1.165) is 57.8 Å². The first-order valence-corrected chi connectivity index (χ1v) is 39.1. The zero-order valence-electron chi connectivity index (χ0n) is 67.9. The summed E-state index contributed by atoms with van der Waals surface area (Å²) in [6, 6.07) is -2.45. The van der Waals surface area contributed by atoms with Crippen LogP contribution in [-0.2, 0) is 43.2 Å². The minimum atomic E-state index is -1.43. The fourth-order valence-electron chi connectivity index (χ4n) is 17.6. The van der Waals surface area contributed by atoms with E-state index < -0.39 is 136 Å². The highest BCUT2D eigenvalue weighted by atomic mass is 35.5. The second-order valence-electron chi connectivity index (χ2n) is 37.2. The summed E-state index contributed by atoms with van der Waals surface area (Å²) >= 11 is 0. The molecule has 12 amide bonds. The van der Waals surface area contributed by atoms with Crippen molar-refractivity contribution in [2.75, 3.05) is 47.8 Å². The maximum absolute atomic E-state index is 14.1. The molecule has 3 heterocycles. The lowest BCUT2D eigenvalue weighted by Crippen LogP contribution is -2.61. The van der Waals surface area contributed by atoms with E-state index in [1.54, 1.807) is 30.6 Å². The van der Waals surface area contributed by atoms with Crippen molar-refractivity contribution in [2.24, 2.45) is 91.5 Å². The molecule has 1 aromatic rings. The number of aliphatic hydroxyl groups excluding tert-OH is 3. The fraction of sp³-hybridized carbons (Fsp3) is 0.782. The molecule has 6 saturated carbocycles. The maximum atomic E-state index is 14.1. The Kier molecular flexibility index (Phi) is 28.4. The van der Waals surface area contributed by atoms with Crippen molar-refractivity contribution in [3.8, 4) is 5.75 Å². The number of ether oxygens (including phenoxy) is 1. The van der Waals surface area contributed by atoms with Gasteiger partial charge in [-0.15, -0.1) is 12.4 Å². The van der Waals surface area contributed by atoms with Gasteiger partial charge in [-0.05, 0) is 117 Å². The fourth-order valence-corrected chi connectivity index (χ4v) is 17.6. The molecule has 9 aliphatic rings. The summed E-state index contributed by atoms with van der Waals surface area (Å²) in [5.41, 5.74) is 4.04. The van der Waals surface area contributed by atoms with E-state index in [1.165, 1.54) is 57.4 Å². The highest BCUT2D eigenvalue weighted by Crippen LogP contribution is 2.67. The molecule has 14 N–H and O–H groups in total. The Labute approximate surface area is 653 Å². The molecule has 31 nitrogen and oxygen atoms in total. The molecular weight excluding hydrogens is 1440 g/mol. The highest BCUT2D eigenvalue weighted by molar-refractivity contribution is 5.96. The number of nitrogens with two attached hydrogens (primary N) is 1. The second kappa shape index (κ2) is 34.9. The zero-order chi connectivity index (χ0) is 81.4. The topological polar surface area (TPSA) is 445 Å². The molecule has 6 aliphatic carbocycles. The van der Waals surface area contributed by atoms with Crippen LogP contribution in [0.4, 0.5) is 15.3 Å². The smallest absolute Gasteiger partial charge is 0.410 e. The van der Waals surface area contributed by atoms with Gasteiger partial charge >= 0.3 is 12.1 Å². The number of piperidine rings is 3. The number of amides is 12. The van der Waals surface area contributed by atoms with Gasteiger partial charge in [0.2, 0.25) is 35.4 Å². The van der Waals surface area contributed by atoms with Gasteiger partial charge in [-0.25, -0.2) is 9.59 Å². The first-order valence-electron chi connectivity index (χ1n) is 39.1. The van der Waals surface area contributed by atoms with Gasteiger partial charge in [0.15, 0.2) is 18.3 Å². The first kappa shape index (κ1) is 89.7. The predicted molar refractivity (Wildman–Crippen MR) is 412 cm³/mol. The minimum absolute atomic E-state index is 0. The summed E-state index contributed by atoms with van der Waals surface area (Å²) in [4.78, 5) is 159. The van der Waals surface area contributed by atoms with Gasteiger partial charge in [0, 0.05) is 60.0 Å². The Morgan fingerprint density at radius 2 is 0.791 bits per heavy atom. The van der Waals surface area contributed by atoms with E-state index in [4.69, 9.17) is 10.5 Å². The van der Waals surface area contributed by atoms with Crippen LogP contribution in [0.25, 0.3) is 0 Å². The Morgan fingerprint density at radius 1 is 0.491 bits per heavy atom. The van der Waals surface area contributed by atoms with Crippen molar-refractivity contribution < 1.29 is 77.7 Å². The number of carbonyl (C=O) groups is 11. The van der Waals surface area contributed by atoms with Crippen LogP contribution in [0, 0.1) is 95.9 Å². The van der Waals surface area contributed by atoms with Crippen molar-refractivity contribution in [2.45, 2.75) is 254 Å². The standard InChI is InChI=1S/C30H43N5O8.C25H43N5O5.C23H40N4O4.ClH/c1-29(2,3)24(33-28(40)43-18-12-10-17(11-13-18)35(41)42)27(39)34-15-19-21(30(19,4)5)22(34)25(37)32-20(14-16-8-7-9-16)23(36)26(38)31-6;1-24(2,3)19(29-23(35)27-7)22(34)30-12-14-16(25(14,4)5)17(30)20(32)28-15(11-13-9-8-10-13)18(31)21(33)26-6;1-22(2,3)18(24)21(31)27-11-13-15(23(13,4)5)16(27)19(29)26-14(10-12-8-7-9-12)17(28)20(30)25-6;/h10-13,16,19-24,36H,7-9,14-15H2,1-6H3,(H,31,38)(H,32,37)(H,33,40);13-19,31H,8-12H2,1-7H3,(H,26,33)(H,28,32)(H2,27,29,35);12-18,28H,7-11,24H2,1-6H3,(H,25,30)(H,26,29);1H/t19-,20?,21-,22-,23?,24+;14-,15?,16-,17-,18?,19+;13-,14?,15-,16-,17?,18+;/m000./s1. The Bertz CT molecular complexity index is 3550. The molecule has 32 heteroatoms. The molecule has 110 heavy (non-hydrogen) atoms. The summed E-state index contributed by atoms with van der Waals surface area (Å²) in [5.74, 6) is -2.12. The normalized spacial score (nSPS) is 26.8. The molecule has 618 valence electrons. The number of hydrogen-bond donors (Lipinski definition) is 13. The van der Waals surface area contributed by atoms with Crippen molar-refractivity contribution in [3.63, 3.8) is 0 Å². The number of carbonyl (C=O) groups excluding carboxylic acids is 11. The number of likely N-dealkylation sites (N-methyl/N-ethyl adjacent to an activating group) is 3. The Hall–Kier alpha value is -7.48. The van der Waals surface area contributed by atoms with Gasteiger partial charge in [-0.3, -0.25) is 53.3 Å². The van der Waals surface area contributed by atoms with Crippen LogP contribution in [0.3, 0.4) is 0 Å². The number of non-ortho nitro benzene ring substituents is 1. The number of likely N-dealkylation sites (tertiary alicyclic amines) is 3. The molecule has 0 spiro atoms. The van der Waals surface area contributed by atoms with Gasteiger partial charge in [0.25, 0.3) is 23.4 Å². The van der Waals surface area contributed by atoms with Gasteiger partial charge in [0.1, 0.15) is 36.0 Å². The number of nitrogens with one attached hydrogen (secondary N) is 9. The largest absolute Gasteiger partial charge is 0.413 e. The van der Waals surface area contributed by atoms with Crippen molar-refractivity contribution >= 4 is 83.4 Å². The maximum Gasteiger partial charge on any atom is 0.413 e. The lowest BCUT2D eigenvalue weighted by atomic mass is 9.79.